The highest BCUT2D eigenvalue weighted by Gasteiger charge is 2.73. The molecular formula is C23H44O12. The Morgan fingerprint density at radius 2 is 1.29 bits per heavy atom. The SMILES string of the molecule is CCCCCCCCCCCCCC(=O)OCC(O)C[C@H]1O[C@H](C(O)O)C(O)(O)C(O)(O)C1(O)O. The molecular weight excluding hydrogens is 468 g/mol. The van der Waals surface area contributed by atoms with Gasteiger partial charge in [-0.05, 0) is 6.42 Å². The topological polar surface area (TPSA) is 218 Å². The van der Waals surface area contributed by atoms with E-state index < -0.39 is 61.0 Å². The summed E-state index contributed by atoms with van der Waals surface area (Å²) < 4.78 is 9.76. The van der Waals surface area contributed by atoms with Crippen LogP contribution in [0.5, 0.6) is 0 Å². The predicted octanol–water partition coefficient (Wildman–Crippen LogP) is -0.897. The third-order valence-corrected chi connectivity index (χ3v) is 6.36. The number of hydrogen-bond donors (Lipinski definition) is 9. The van der Waals surface area contributed by atoms with E-state index in [-0.39, 0.29) is 6.42 Å². The number of unbranched alkanes of at least 4 members (excludes halogenated alkanes) is 10. The van der Waals surface area contributed by atoms with Crippen LogP contribution in [-0.2, 0) is 14.3 Å². The van der Waals surface area contributed by atoms with Crippen LogP contribution in [0, 0.1) is 0 Å². The second kappa shape index (κ2) is 14.7. The highest BCUT2D eigenvalue weighted by molar-refractivity contribution is 5.69. The Hall–Kier alpha value is -0.930. The Balaban J connectivity index is 2.32. The average Bonchev–Trinajstić information content (AvgIpc) is 2.77. The van der Waals surface area contributed by atoms with E-state index in [4.69, 9.17) is 9.47 Å². The van der Waals surface area contributed by atoms with Crippen molar-refractivity contribution in [1.82, 2.24) is 0 Å². The van der Waals surface area contributed by atoms with Crippen molar-refractivity contribution in [2.75, 3.05) is 6.61 Å². The maximum Gasteiger partial charge on any atom is 0.305 e. The van der Waals surface area contributed by atoms with Crippen LogP contribution in [0.2, 0.25) is 0 Å². The molecule has 1 aliphatic heterocycles. The van der Waals surface area contributed by atoms with Crippen molar-refractivity contribution < 1.29 is 60.2 Å². The fourth-order valence-electron chi connectivity index (χ4n) is 4.07. The van der Waals surface area contributed by atoms with Gasteiger partial charge in [-0.15, -0.1) is 0 Å². The van der Waals surface area contributed by atoms with Gasteiger partial charge in [0, 0.05) is 12.8 Å². The molecule has 12 heteroatoms. The number of aliphatic hydroxyl groups excluding tert-OH is 2. The summed E-state index contributed by atoms with van der Waals surface area (Å²) in [6.45, 7) is 1.62. The number of esters is 1. The summed E-state index contributed by atoms with van der Waals surface area (Å²) in [6, 6.07) is 0. The minimum atomic E-state index is -4.08. The van der Waals surface area contributed by atoms with Crippen LogP contribution in [0.25, 0.3) is 0 Å². The molecule has 12 nitrogen and oxygen atoms in total. The van der Waals surface area contributed by atoms with E-state index >= 15 is 0 Å². The van der Waals surface area contributed by atoms with Gasteiger partial charge in [-0.25, -0.2) is 0 Å². The van der Waals surface area contributed by atoms with E-state index in [9.17, 15) is 50.8 Å². The van der Waals surface area contributed by atoms with Crippen LogP contribution in [0.3, 0.4) is 0 Å². The Kier molecular flexibility index (Phi) is 13.5. The van der Waals surface area contributed by atoms with Gasteiger partial charge in [0.05, 0.1) is 6.10 Å². The molecule has 0 aromatic heterocycles. The molecule has 1 heterocycles. The van der Waals surface area contributed by atoms with Gasteiger partial charge in [0.2, 0.25) is 0 Å². The largest absolute Gasteiger partial charge is 0.463 e. The van der Waals surface area contributed by atoms with E-state index in [1.54, 1.807) is 0 Å². The first-order valence-electron chi connectivity index (χ1n) is 12.5. The van der Waals surface area contributed by atoms with Crippen LogP contribution in [0.4, 0.5) is 0 Å². The first kappa shape index (κ1) is 32.1. The summed E-state index contributed by atoms with van der Waals surface area (Å²) in [6.07, 6.45) is 2.92. The van der Waals surface area contributed by atoms with Crippen molar-refractivity contribution in [1.29, 1.82) is 0 Å². The van der Waals surface area contributed by atoms with E-state index in [0.717, 1.165) is 19.3 Å². The van der Waals surface area contributed by atoms with Crippen molar-refractivity contribution >= 4 is 5.97 Å². The van der Waals surface area contributed by atoms with Gasteiger partial charge in [0.15, 0.2) is 12.4 Å². The maximum atomic E-state index is 11.9. The lowest BCUT2D eigenvalue weighted by molar-refractivity contribution is -0.525. The third-order valence-electron chi connectivity index (χ3n) is 6.36. The molecule has 3 atom stereocenters. The quantitative estimate of drug-likeness (QED) is 0.0658. The van der Waals surface area contributed by atoms with Crippen molar-refractivity contribution in [3.05, 3.63) is 0 Å². The van der Waals surface area contributed by atoms with E-state index in [0.29, 0.717) is 6.42 Å². The second-order valence-electron chi connectivity index (χ2n) is 9.44. The molecule has 9 N–H and O–H groups in total. The zero-order valence-electron chi connectivity index (χ0n) is 20.5. The van der Waals surface area contributed by atoms with Crippen molar-refractivity contribution in [2.45, 2.75) is 132 Å². The highest BCUT2D eigenvalue weighted by atomic mass is 16.7. The molecule has 1 fully saturated rings. The summed E-state index contributed by atoms with van der Waals surface area (Å²) in [5.41, 5.74) is 0. The van der Waals surface area contributed by atoms with Crippen molar-refractivity contribution in [3.63, 3.8) is 0 Å². The molecule has 0 aliphatic carbocycles. The zero-order valence-corrected chi connectivity index (χ0v) is 20.5. The first-order valence-corrected chi connectivity index (χ1v) is 12.5. The monoisotopic (exact) mass is 512 g/mol. The van der Waals surface area contributed by atoms with Gasteiger partial charge in [-0.2, -0.15) is 0 Å². The molecule has 0 saturated carbocycles. The fraction of sp³-hybridized carbons (Fsp3) is 0.957. The lowest BCUT2D eigenvalue weighted by atomic mass is 9.83. The highest BCUT2D eigenvalue weighted by Crippen LogP contribution is 2.42. The van der Waals surface area contributed by atoms with E-state index in [1.165, 1.54) is 44.9 Å². The molecule has 35 heavy (non-hydrogen) atoms. The van der Waals surface area contributed by atoms with Crippen LogP contribution >= 0.6 is 0 Å². The van der Waals surface area contributed by atoms with Gasteiger partial charge in [0.25, 0.3) is 17.4 Å². The summed E-state index contributed by atoms with van der Waals surface area (Å²) in [5.74, 6) is -12.3. The number of aliphatic hydroxyl groups is 9. The van der Waals surface area contributed by atoms with Crippen LogP contribution in [0.15, 0.2) is 0 Å². The van der Waals surface area contributed by atoms with Gasteiger partial charge in [-0.3, -0.25) is 4.79 Å². The lowest BCUT2D eigenvalue weighted by Crippen LogP contribution is -2.81. The predicted molar refractivity (Wildman–Crippen MR) is 121 cm³/mol. The van der Waals surface area contributed by atoms with Gasteiger partial charge >= 0.3 is 5.97 Å². The second-order valence-corrected chi connectivity index (χ2v) is 9.44. The van der Waals surface area contributed by atoms with Crippen LogP contribution in [0.1, 0.15) is 90.4 Å². The van der Waals surface area contributed by atoms with Crippen LogP contribution < -0.4 is 0 Å². The Bertz CT molecular complexity index is 607. The smallest absolute Gasteiger partial charge is 0.305 e. The molecule has 1 saturated heterocycles. The van der Waals surface area contributed by atoms with E-state index in [1.807, 2.05) is 0 Å². The summed E-state index contributed by atoms with van der Waals surface area (Å²) in [5, 5.41) is 87.8. The molecule has 208 valence electrons. The number of hydrogen-bond acceptors (Lipinski definition) is 12. The lowest BCUT2D eigenvalue weighted by Gasteiger charge is -2.53. The number of ether oxygens (including phenoxy) is 2. The van der Waals surface area contributed by atoms with Gasteiger partial charge in [0.1, 0.15) is 12.7 Å². The molecule has 0 spiro atoms. The Morgan fingerprint density at radius 3 is 1.77 bits per heavy atom. The van der Waals surface area contributed by atoms with Crippen LogP contribution in [-0.4, -0.2) is 100 Å². The number of carbonyl (C=O) groups is 1. The van der Waals surface area contributed by atoms with Crippen molar-refractivity contribution in [3.8, 4) is 0 Å². The Labute approximate surface area is 205 Å². The molecule has 0 radical (unpaired) electrons. The fourth-order valence-corrected chi connectivity index (χ4v) is 4.07. The normalized spacial score (nSPS) is 23.9. The summed E-state index contributed by atoms with van der Waals surface area (Å²) >= 11 is 0. The molecule has 0 bridgehead atoms. The van der Waals surface area contributed by atoms with E-state index in [2.05, 4.69) is 6.92 Å². The minimum absolute atomic E-state index is 0.139. The maximum absolute atomic E-state index is 11.9. The molecule has 1 rings (SSSR count). The molecule has 1 aliphatic rings. The third kappa shape index (κ3) is 9.15. The zero-order chi connectivity index (χ0) is 26.7. The average molecular weight is 513 g/mol. The standard InChI is InChI=1S/C23H44O12/c1-2-3-4-5-6-7-8-9-10-11-12-13-18(25)34-15-16(24)14-17-21(28,29)23(32,33)22(30,31)19(35-17)20(26)27/h16-17,19-20,24,26-33H,2-15H2,1H3/t16?,17-,19-/m1/s1. The van der Waals surface area contributed by atoms with Crippen molar-refractivity contribution in [2.24, 2.45) is 0 Å². The molecule has 0 amide bonds. The van der Waals surface area contributed by atoms with Gasteiger partial charge < -0.3 is 55.4 Å². The number of rotatable bonds is 17. The first-order chi connectivity index (χ1) is 16.3. The Morgan fingerprint density at radius 1 is 0.800 bits per heavy atom. The number of carbonyl (C=O) groups excluding carboxylic acids is 1. The summed E-state index contributed by atoms with van der Waals surface area (Å²) in [4.78, 5) is 11.9. The molecule has 0 aromatic carbocycles. The molecule has 0 aromatic rings. The summed E-state index contributed by atoms with van der Waals surface area (Å²) in [7, 11) is 0. The molecule has 1 unspecified atom stereocenters. The van der Waals surface area contributed by atoms with Gasteiger partial charge in [-0.1, -0.05) is 71.1 Å². The minimum Gasteiger partial charge on any atom is -0.463 e.